The molecule has 5 amide bonds. The predicted octanol–water partition coefficient (Wildman–Crippen LogP) is 4.25. The van der Waals surface area contributed by atoms with Crippen LogP contribution in [0.2, 0.25) is 0 Å². The normalized spacial score (nSPS) is 18.3. The monoisotopic (exact) mass is 798 g/mol. The Labute approximate surface area is 339 Å². The first kappa shape index (κ1) is 43.7. The largest absolute Gasteiger partial charge is 0.384 e. The number of amides is 5. The Morgan fingerprint density at radius 1 is 1.00 bits per heavy atom. The molecular weight excluding hydrogens is 741 g/mol. The summed E-state index contributed by atoms with van der Waals surface area (Å²) in [6.07, 6.45) is 10.2. The number of likely N-dealkylation sites (tertiary alicyclic amines) is 1. The minimum absolute atomic E-state index is 0.0666. The maximum atomic E-state index is 14.9. The lowest BCUT2D eigenvalue weighted by Gasteiger charge is -2.32. The molecule has 0 spiro atoms. The number of rotatable bonds is 20. The molecule has 1 saturated heterocycles. The van der Waals surface area contributed by atoms with E-state index in [1.165, 1.54) is 15.8 Å². The van der Waals surface area contributed by atoms with Crippen molar-refractivity contribution in [3.63, 3.8) is 0 Å². The fourth-order valence-corrected chi connectivity index (χ4v) is 8.26. The lowest BCUT2D eigenvalue weighted by molar-refractivity contribution is -0.143. The zero-order valence-electron chi connectivity index (χ0n) is 33.7. The molecule has 1 unspecified atom stereocenters. The van der Waals surface area contributed by atoms with E-state index >= 15 is 0 Å². The molecule has 3 aromatic rings. The molecule has 2 heterocycles. The molecular formula is C43H58N8O7. The average molecular weight is 799 g/mol. The van der Waals surface area contributed by atoms with Gasteiger partial charge in [0, 0.05) is 44.0 Å². The van der Waals surface area contributed by atoms with E-state index in [2.05, 4.69) is 32.8 Å². The highest BCUT2D eigenvalue weighted by Gasteiger charge is 2.45. The van der Waals surface area contributed by atoms with Crippen molar-refractivity contribution in [2.75, 3.05) is 19.6 Å². The number of urea groups is 1. The van der Waals surface area contributed by atoms with E-state index < -0.39 is 47.2 Å². The van der Waals surface area contributed by atoms with Crippen LogP contribution in [0.3, 0.4) is 0 Å². The molecule has 58 heavy (non-hydrogen) atoms. The molecule has 2 aromatic carbocycles. The van der Waals surface area contributed by atoms with E-state index in [-0.39, 0.29) is 56.5 Å². The van der Waals surface area contributed by atoms with Gasteiger partial charge < -0.3 is 31.7 Å². The Morgan fingerprint density at radius 2 is 1.74 bits per heavy atom. The Bertz CT molecular complexity index is 1950. The summed E-state index contributed by atoms with van der Waals surface area (Å²) < 4.78 is 1.54. The van der Waals surface area contributed by atoms with Gasteiger partial charge in [-0.1, -0.05) is 79.8 Å². The van der Waals surface area contributed by atoms with Crippen LogP contribution in [0.15, 0.2) is 61.3 Å². The van der Waals surface area contributed by atoms with Crippen molar-refractivity contribution in [1.29, 1.82) is 0 Å². The van der Waals surface area contributed by atoms with Gasteiger partial charge in [-0.25, -0.2) is 9.48 Å². The lowest BCUT2D eigenvalue weighted by atomic mass is 9.80. The topological polar surface area (TPSA) is 219 Å². The van der Waals surface area contributed by atoms with Gasteiger partial charge in [0.15, 0.2) is 5.78 Å². The van der Waals surface area contributed by atoms with Crippen LogP contribution in [-0.2, 0) is 24.8 Å². The zero-order chi connectivity index (χ0) is 41.8. The SMILES string of the molecule is C=CCNC(=O)NCCCCC(NC(=O)[C@@H]1C[C@H](n2nncc2C(C)(C)O)CN1C(=O)[C@H](CCC(=O)c1ccc2ccccc2c1)CC1CCCCC1)C(=O)C(N)=O. The number of carbonyl (C=O) groups is 6. The Kier molecular flexibility index (Phi) is 15.3. The molecule has 2 fully saturated rings. The number of fused-ring (bicyclic) bond motifs is 1. The number of aliphatic hydroxyl groups is 1. The van der Waals surface area contributed by atoms with Gasteiger partial charge in [0.05, 0.1) is 24.0 Å². The molecule has 0 bridgehead atoms. The number of nitrogens with one attached hydrogen (secondary N) is 3. The van der Waals surface area contributed by atoms with Crippen LogP contribution in [0.1, 0.15) is 113 Å². The highest BCUT2D eigenvalue weighted by molar-refractivity contribution is 6.37. The second-order valence-corrected chi connectivity index (χ2v) is 16.2. The highest BCUT2D eigenvalue weighted by Crippen LogP contribution is 2.36. The molecule has 1 aliphatic carbocycles. The van der Waals surface area contributed by atoms with E-state index in [9.17, 15) is 33.9 Å². The molecule has 1 aliphatic heterocycles. The first-order valence-electron chi connectivity index (χ1n) is 20.5. The van der Waals surface area contributed by atoms with E-state index in [1.807, 2.05) is 42.5 Å². The van der Waals surface area contributed by atoms with Crippen LogP contribution in [0.5, 0.6) is 0 Å². The standard InChI is InChI=1S/C43H58N8O7/c1-4-21-45-42(57)46-22-11-10-16-34(38(53)39(44)54)48-40(55)35-25-33(51-37(26-47-49-51)43(2,3)58)27-50(35)41(56)32(23-28-12-6-5-7-13-28)19-20-36(52)31-18-17-29-14-8-9-15-30(29)24-31/h4,8-9,14-15,17-18,24,26,28,32-35,58H,1,5-7,10-13,16,19-23,25,27H2,2-3H3,(H2,44,54)(H,48,55)(H2,45,46,57)/t32-,33+,34?,35+/m1/s1. The van der Waals surface area contributed by atoms with Crippen molar-refractivity contribution in [2.24, 2.45) is 17.6 Å². The molecule has 4 atom stereocenters. The van der Waals surface area contributed by atoms with Gasteiger partial charge in [-0.15, -0.1) is 11.7 Å². The molecule has 5 rings (SSSR count). The number of nitrogens with two attached hydrogens (primary N) is 1. The smallest absolute Gasteiger partial charge is 0.315 e. The molecule has 2 aliphatic rings. The minimum atomic E-state index is -1.33. The Balaban J connectivity index is 1.37. The van der Waals surface area contributed by atoms with Crippen molar-refractivity contribution < 1.29 is 33.9 Å². The van der Waals surface area contributed by atoms with Crippen LogP contribution in [0.25, 0.3) is 10.8 Å². The predicted molar refractivity (Wildman–Crippen MR) is 218 cm³/mol. The van der Waals surface area contributed by atoms with Crippen LogP contribution in [0.4, 0.5) is 4.79 Å². The number of nitrogens with zero attached hydrogens (tertiary/aromatic N) is 4. The van der Waals surface area contributed by atoms with Crippen LogP contribution < -0.4 is 21.7 Å². The number of ketones is 2. The fourth-order valence-electron chi connectivity index (χ4n) is 8.26. The fraction of sp³-hybridized carbons (Fsp3) is 0.535. The Morgan fingerprint density at radius 3 is 2.45 bits per heavy atom. The van der Waals surface area contributed by atoms with Crippen LogP contribution in [0, 0.1) is 11.8 Å². The van der Waals surface area contributed by atoms with Crippen LogP contribution >= 0.6 is 0 Å². The van der Waals surface area contributed by atoms with Crippen molar-refractivity contribution in [1.82, 2.24) is 35.8 Å². The number of hydrogen-bond acceptors (Lipinski definition) is 9. The van der Waals surface area contributed by atoms with E-state index in [4.69, 9.17) is 5.73 Å². The summed E-state index contributed by atoms with van der Waals surface area (Å²) in [6, 6.07) is 10.2. The summed E-state index contributed by atoms with van der Waals surface area (Å²) in [4.78, 5) is 81.4. The van der Waals surface area contributed by atoms with Crippen molar-refractivity contribution >= 4 is 46.1 Å². The molecule has 0 radical (unpaired) electrons. The van der Waals surface area contributed by atoms with Crippen molar-refractivity contribution in [2.45, 2.75) is 115 Å². The second-order valence-electron chi connectivity index (χ2n) is 16.2. The van der Waals surface area contributed by atoms with E-state index in [0.29, 0.717) is 43.0 Å². The molecule has 15 heteroatoms. The average Bonchev–Trinajstić information content (AvgIpc) is 3.89. The summed E-state index contributed by atoms with van der Waals surface area (Å²) in [5.74, 6) is -3.43. The maximum absolute atomic E-state index is 14.9. The van der Waals surface area contributed by atoms with E-state index in [1.54, 1.807) is 19.9 Å². The number of primary amides is 1. The first-order chi connectivity index (χ1) is 27.8. The first-order valence-corrected chi connectivity index (χ1v) is 20.5. The molecule has 1 saturated carbocycles. The van der Waals surface area contributed by atoms with Gasteiger partial charge >= 0.3 is 6.03 Å². The Hall–Kier alpha value is -5.44. The summed E-state index contributed by atoms with van der Waals surface area (Å²) in [5.41, 5.74) is 5.06. The van der Waals surface area contributed by atoms with Crippen molar-refractivity contribution in [3.05, 3.63) is 72.6 Å². The second kappa shape index (κ2) is 20.3. The number of carbonyl (C=O) groups excluding carboxylic acids is 6. The van der Waals surface area contributed by atoms with Gasteiger partial charge in [-0.05, 0) is 68.7 Å². The van der Waals surface area contributed by atoms with Gasteiger partial charge in [0.25, 0.3) is 5.91 Å². The molecule has 1 aromatic heterocycles. The third-order valence-electron chi connectivity index (χ3n) is 11.4. The summed E-state index contributed by atoms with van der Waals surface area (Å²) >= 11 is 0. The molecule has 312 valence electrons. The number of hydrogen-bond donors (Lipinski definition) is 5. The minimum Gasteiger partial charge on any atom is -0.384 e. The third kappa shape index (κ3) is 11.6. The van der Waals surface area contributed by atoms with Gasteiger partial charge in [0.2, 0.25) is 17.6 Å². The number of aromatic nitrogens is 3. The maximum Gasteiger partial charge on any atom is 0.315 e. The number of unbranched alkanes of at least 4 members (excludes halogenated alkanes) is 1. The van der Waals surface area contributed by atoms with Crippen molar-refractivity contribution in [3.8, 4) is 0 Å². The van der Waals surface area contributed by atoms with Crippen LogP contribution in [-0.4, -0.2) is 92.0 Å². The quantitative estimate of drug-likeness (QED) is 0.0477. The zero-order valence-corrected chi connectivity index (χ0v) is 33.7. The molecule has 15 nitrogen and oxygen atoms in total. The lowest BCUT2D eigenvalue weighted by Crippen LogP contribution is -2.53. The summed E-state index contributed by atoms with van der Waals surface area (Å²) in [6.45, 7) is 7.40. The third-order valence-corrected chi connectivity index (χ3v) is 11.4. The molecule has 6 N–H and O–H groups in total. The van der Waals surface area contributed by atoms with Gasteiger partial charge in [-0.3, -0.25) is 24.0 Å². The number of benzene rings is 2. The van der Waals surface area contributed by atoms with Gasteiger partial charge in [-0.2, -0.15) is 0 Å². The summed E-state index contributed by atoms with van der Waals surface area (Å²) in [7, 11) is 0. The van der Waals surface area contributed by atoms with E-state index in [0.717, 1.165) is 42.9 Å². The van der Waals surface area contributed by atoms with Gasteiger partial charge in [0.1, 0.15) is 11.6 Å². The number of Topliss-reactive ketones (excluding diaryl/α,β-unsaturated/α-hetero) is 2. The highest BCUT2D eigenvalue weighted by atomic mass is 16.3. The summed E-state index contributed by atoms with van der Waals surface area (Å²) in [5, 5.41) is 29.2.